The second-order valence-electron chi connectivity index (χ2n) is 6.80. The van der Waals surface area contributed by atoms with E-state index in [-0.39, 0.29) is 5.91 Å². The van der Waals surface area contributed by atoms with Crippen molar-refractivity contribution in [2.24, 2.45) is 11.7 Å². The monoisotopic (exact) mass is 330 g/mol. The molecule has 24 heavy (non-hydrogen) atoms. The minimum atomic E-state index is -0.465. The van der Waals surface area contributed by atoms with E-state index in [0.29, 0.717) is 44.0 Å². The molecule has 1 aliphatic carbocycles. The molecule has 2 amide bonds. The molecule has 1 aromatic rings. The topological polar surface area (TPSA) is 79.5 Å². The summed E-state index contributed by atoms with van der Waals surface area (Å²) in [6.45, 7) is 2.73. The van der Waals surface area contributed by atoms with E-state index < -0.39 is 5.91 Å². The lowest BCUT2D eigenvalue weighted by Gasteiger charge is -2.36. The van der Waals surface area contributed by atoms with E-state index in [1.807, 2.05) is 9.80 Å². The molecule has 3 rings (SSSR count). The highest BCUT2D eigenvalue weighted by Gasteiger charge is 2.25. The third-order valence-corrected chi connectivity index (χ3v) is 5.23. The summed E-state index contributed by atoms with van der Waals surface area (Å²) in [4.78, 5) is 32.2. The molecule has 6 heteroatoms. The van der Waals surface area contributed by atoms with E-state index >= 15 is 0 Å². The minimum absolute atomic E-state index is 0.262. The summed E-state index contributed by atoms with van der Waals surface area (Å²) in [5, 5.41) is 0. The van der Waals surface area contributed by atoms with E-state index in [4.69, 9.17) is 5.73 Å². The van der Waals surface area contributed by atoms with Crippen LogP contribution in [0.3, 0.4) is 0 Å². The summed E-state index contributed by atoms with van der Waals surface area (Å²) >= 11 is 0. The van der Waals surface area contributed by atoms with Gasteiger partial charge in [-0.3, -0.25) is 9.59 Å². The Hall–Kier alpha value is -2.11. The lowest BCUT2D eigenvalue weighted by Crippen LogP contribution is -2.49. The van der Waals surface area contributed by atoms with Crippen LogP contribution in [-0.2, 0) is 4.79 Å². The van der Waals surface area contributed by atoms with Gasteiger partial charge in [-0.15, -0.1) is 0 Å². The molecule has 0 atom stereocenters. The first kappa shape index (κ1) is 16.7. The zero-order chi connectivity index (χ0) is 16.9. The fraction of sp³-hybridized carbons (Fsp3) is 0.611. The molecule has 2 fully saturated rings. The van der Waals surface area contributed by atoms with Crippen LogP contribution in [0.5, 0.6) is 0 Å². The zero-order valence-corrected chi connectivity index (χ0v) is 14.1. The van der Waals surface area contributed by atoms with Crippen molar-refractivity contribution in [2.75, 3.05) is 31.1 Å². The second kappa shape index (κ2) is 7.64. The second-order valence-corrected chi connectivity index (χ2v) is 6.80. The summed E-state index contributed by atoms with van der Waals surface area (Å²) in [7, 11) is 0. The molecule has 1 aliphatic heterocycles. The number of anilines is 1. The Balaban J connectivity index is 1.52. The van der Waals surface area contributed by atoms with Gasteiger partial charge in [-0.1, -0.05) is 25.7 Å². The summed E-state index contributed by atoms with van der Waals surface area (Å²) in [5.41, 5.74) is 5.87. The molecular weight excluding hydrogens is 304 g/mol. The van der Waals surface area contributed by atoms with Gasteiger partial charge in [0.1, 0.15) is 5.82 Å². The Morgan fingerprint density at radius 3 is 2.54 bits per heavy atom. The highest BCUT2D eigenvalue weighted by molar-refractivity contribution is 5.97. The van der Waals surface area contributed by atoms with E-state index in [2.05, 4.69) is 4.98 Å². The Kier molecular flexibility index (Phi) is 5.33. The van der Waals surface area contributed by atoms with Crippen LogP contribution in [0.2, 0.25) is 0 Å². The molecule has 2 N–H and O–H groups in total. The molecule has 1 aromatic heterocycles. The Bertz CT molecular complexity index is 590. The molecule has 0 radical (unpaired) electrons. The van der Waals surface area contributed by atoms with Gasteiger partial charge in [-0.05, 0) is 24.5 Å². The van der Waals surface area contributed by atoms with Crippen molar-refractivity contribution in [1.82, 2.24) is 9.88 Å². The number of nitrogens with two attached hydrogens (primary N) is 1. The predicted octanol–water partition coefficient (Wildman–Crippen LogP) is 1.80. The third-order valence-electron chi connectivity index (χ3n) is 5.23. The van der Waals surface area contributed by atoms with E-state index in [1.165, 1.54) is 25.7 Å². The molecule has 0 spiro atoms. The van der Waals surface area contributed by atoms with Crippen molar-refractivity contribution < 1.29 is 9.59 Å². The smallest absolute Gasteiger partial charge is 0.252 e. The van der Waals surface area contributed by atoms with Gasteiger partial charge in [0.05, 0.1) is 5.56 Å². The quantitative estimate of drug-likeness (QED) is 0.893. The predicted molar refractivity (Wildman–Crippen MR) is 92.7 cm³/mol. The van der Waals surface area contributed by atoms with Crippen LogP contribution in [0.15, 0.2) is 18.3 Å². The number of carbonyl (C=O) groups is 2. The van der Waals surface area contributed by atoms with Gasteiger partial charge in [0.2, 0.25) is 5.91 Å². The van der Waals surface area contributed by atoms with Crippen molar-refractivity contribution in [3.05, 3.63) is 23.9 Å². The normalized spacial score (nSPS) is 18.8. The molecule has 0 aromatic carbocycles. The first-order chi connectivity index (χ1) is 11.6. The largest absolute Gasteiger partial charge is 0.365 e. The molecule has 0 unspecified atom stereocenters. The van der Waals surface area contributed by atoms with Crippen LogP contribution < -0.4 is 10.6 Å². The van der Waals surface area contributed by atoms with Crippen LogP contribution in [0.1, 0.15) is 48.9 Å². The number of piperazine rings is 1. The van der Waals surface area contributed by atoms with Gasteiger partial charge in [-0.25, -0.2) is 4.98 Å². The summed E-state index contributed by atoms with van der Waals surface area (Å²) in [5.74, 6) is 1.18. The Morgan fingerprint density at radius 1 is 1.17 bits per heavy atom. The van der Waals surface area contributed by atoms with Gasteiger partial charge in [0.25, 0.3) is 5.91 Å². The van der Waals surface area contributed by atoms with Crippen molar-refractivity contribution >= 4 is 17.6 Å². The average Bonchev–Trinajstić information content (AvgIpc) is 3.13. The van der Waals surface area contributed by atoms with Gasteiger partial charge in [0.15, 0.2) is 0 Å². The molecule has 0 bridgehead atoms. The molecule has 2 aliphatic rings. The molecule has 130 valence electrons. The van der Waals surface area contributed by atoms with Crippen molar-refractivity contribution in [3.8, 4) is 0 Å². The maximum atomic E-state index is 12.4. The van der Waals surface area contributed by atoms with Gasteiger partial charge in [-0.2, -0.15) is 0 Å². The van der Waals surface area contributed by atoms with Crippen molar-refractivity contribution in [3.63, 3.8) is 0 Å². The van der Waals surface area contributed by atoms with Crippen LogP contribution in [0.25, 0.3) is 0 Å². The molecule has 1 saturated heterocycles. The van der Waals surface area contributed by atoms with Gasteiger partial charge >= 0.3 is 0 Å². The molecule has 6 nitrogen and oxygen atoms in total. The van der Waals surface area contributed by atoms with Crippen LogP contribution in [0.4, 0.5) is 5.82 Å². The lowest BCUT2D eigenvalue weighted by molar-refractivity contribution is -0.131. The van der Waals surface area contributed by atoms with Crippen molar-refractivity contribution in [2.45, 2.75) is 38.5 Å². The van der Waals surface area contributed by atoms with Crippen molar-refractivity contribution in [1.29, 1.82) is 0 Å². The summed E-state index contributed by atoms with van der Waals surface area (Å²) in [6, 6.07) is 3.41. The van der Waals surface area contributed by atoms with Gasteiger partial charge < -0.3 is 15.5 Å². The number of pyridine rings is 1. The number of hydrogen-bond donors (Lipinski definition) is 1. The summed E-state index contributed by atoms with van der Waals surface area (Å²) < 4.78 is 0. The van der Waals surface area contributed by atoms with E-state index in [9.17, 15) is 9.59 Å². The van der Waals surface area contributed by atoms with E-state index in [1.54, 1.807) is 18.3 Å². The summed E-state index contributed by atoms with van der Waals surface area (Å²) in [6.07, 6.45) is 8.59. The SMILES string of the molecule is NC(=O)c1cccnc1N1CCN(C(=O)CCC2CCCC2)CC1. The number of carbonyl (C=O) groups excluding carboxylic acids is 2. The van der Waals surface area contributed by atoms with Crippen LogP contribution in [-0.4, -0.2) is 47.9 Å². The Labute approximate surface area is 143 Å². The standard InChI is InChI=1S/C18H26N4O2/c19-17(24)15-6-3-9-20-18(15)22-12-10-21(11-13-22)16(23)8-7-14-4-1-2-5-14/h3,6,9,14H,1-2,4-5,7-8,10-13H2,(H2,19,24). The third kappa shape index (κ3) is 3.86. The van der Waals surface area contributed by atoms with E-state index in [0.717, 1.165) is 12.3 Å². The number of nitrogens with zero attached hydrogens (tertiary/aromatic N) is 3. The number of aromatic nitrogens is 1. The highest BCUT2D eigenvalue weighted by Crippen LogP contribution is 2.29. The maximum absolute atomic E-state index is 12.4. The van der Waals surface area contributed by atoms with Gasteiger partial charge in [0, 0.05) is 38.8 Å². The minimum Gasteiger partial charge on any atom is -0.365 e. The maximum Gasteiger partial charge on any atom is 0.252 e. The number of rotatable bonds is 5. The van der Waals surface area contributed by atoms with Crippen LogP contribution >= 0.6 is 0 Å². The first-order valence-corrected chi connectivity index (χ1v) is 8.92. The number of amides is 2. The first-order valence-electron chi connectivity index (χ1n) is 8.92. The fourth-order valence-electron chi connectivity index (χ4n) is 3.79. The average molecular weight is 330 g/mol. The highest BCUT2D eigenvalue weighted by atomic mass is 16.2. The molecule has 2 heterocycles. The Morgan fingerprint density at radius 2 is 1.88 bits per heavy atom. The lowest BCUT2D eigenvalue weighted by atomic mass is 10.0. The molecule has 1 saturated carbocycles. The fourth-order valence-corrected chi connectivity index (χ4v) is 3.79. The zero-order valence-electron chi connectivity index (χ0n) is 14.1. The number of hydrogen-bond acceptors (Lipinski definition) is 4. The number of primary amides is 1. The molecular formula is C18H26N4O2. The van der Waals surface area contributed by atoms with Crippen LogP contribution in [0, 0.1) is 5.92 Å².